The largest absolute Gasteiger partial charge is 0.497 e. The molecule has 5 nitrogen and oxygen atoms in total. The van der Waals surface area contributed by atoms with Gasteiger partial charge in [0, 0.05) is 23.0 Å². The summed E-state index contributed by atoms with van der Waals surface area (Å²) in [5, 5.41) is 5.48. The van der Waals surface area contributed by atoms with Crippen LogP contribution in [-0.4, -0.2) is 32.8 Å². The van der Waals surface area contributed by atoms with Crippen LogP contribution in [0.4, 0.5) is 0 Å². The quantitative estimate of drug-likeness (QED) is 0.628. The van der Waals surface area contributed by atoms with Crippen LogP contribution in [-0.2, 0) is 13.2 Å². The van der Waals surface area contributed by atoms with Crippen molar-refractivity contribution in [2.45, 2.75) is 32.1 Å². The van der Waals surface area contributed by atoms with Crippen molar-refractivity contribution in [2.24, 2.45) is 0 Å². The van der Waals surface area contributed by atoms with E-state index in [9.17, 15) is 0 Å². The van der Waals surface area contributed by atoms with E-state index in [0.717, 1.165) is 30.4 Å². The number of rotatable bonds is 7. The van der Waals surface area contributed by atoms with Gasteiger partial charge < -0.3 is 4.74 Å². The zero-order valence-electron chi connectivity index (χ0n) is 14.0. The number of benzene rings is 1. The molecule has 0 unspecified atom stereocenters. The third-order valence-corrected chi connectivity index (χ3v) is 5.54. The molecule has 1 aliphatic rings. The molecule has 1 aliphatic carbocycles. The minimum atomic E-state index is 0.586. The zero-order chi connectivity index (χ0) is 17.2. The third kappa shape index (κ3) is 3.84. The van der Waals surface area contributed by atoms with Gasteiger partial charge in [-0.15, -0.1) is 11.3 Å². The molecule has 7 heteroatoms. The second kappa shape index (κ2) is 7.11. The van der Waals surface area contributed by atoms with E-state index in [1.165, 1.54) is 17.7 Å². The Morgan fingerprint density at radius 3 is 2.76 bits per heavy atom. The van der Waals surface area contributed by atoms with E-state index in [-0.39, 0.29) is 0 Å². The Morgan fingerprint density at radius 2 is 2.12 bits per heavy atom. The third-order valence-electron chi connectivity index (χ3n) is 4.37. The molecule has 2 aromatic heterocycles. The van der Waals surface area contributed by atoms with Crippen molar-refractivity contribution >= 4 is 23.6 Å². The molecular formula is C18H20N4OS2. The molecule has 25 heavy (non-hydrogen) atoms. The van der Waals surface area contributed by atoms with Crippen LogP contribution in [0, 0.1) is 4.77 Å². The number of methoxy groups -OCH3 is 1. The van der Waals surface area contributed by atoms with E-state index in [2.05, 4.69) is 32.5 Å². The lowest BCUT2D eigenvalue weighted by atomic mass is 10.2. The first-order valence-corrected chi connectivity index (χ1v) is 9.59. The van der Waals surface area contributed by atoms with E-state index in [0.29, 0.717) is 10.8 Å². The fraction of sp³-hybridized carbons (Fsp3) is 0.333. The summed E-state index contributed by atoms with van der Waals surface area (Å²) in [6.07, 6.45) is 2.52. The van der Waals surface area contributed by atoms with Gasteiger partial charge in [-0.3, -0.25) is 10.00 Å². The van der Waals surface area contributed by atoms with Crippen LogP contribution in [0.25, 0.3) is 11.4 Å². The maximum absolute atomic E-state index is 5.47. The maximum Gasteiger partial charge on any atom is 0.217 e. The van der Waals surface area contributed by atoms with Crippen LogP contribution in [0.3, 0.4) is 0 Å². The molecule has 1 fully saturated rings. The van der Waals surface area contributed by atoms with Gasteiger partial charge in [0.1, 0.15) is 5.75 Å². The molecule has 0 radical (unpaired) electrons. The molecule has 1 aromatic carbocycles. The van der Waals surface area contributed by atoms with Gasteiger partial charge in [-0.2, -0.15) is 4.98 Å². The van der Waals surface area contributed by atoms with Gasteiger partial charge in [-0.25, -0.2) is 4.68 Å². The second-order valence-corrected chi connectivity index (χ2v) is 7.61. The molecule has 0 bridgehead atoms. The number of hydrogen-bond donors (Lipinski definition) is 1. The van der Waals surface area contributed by atoms with Crippen molar-refractivity contribution in [3.05, 3.63) is 51.4 Å². The minimum Gasteiger partial charge on any atom is -0.497 e. The van der Waals surface area contributed by atoms with Gasteiger partial charge in [0.15, 0.2) is 5.82 Å². The highest BCUT2D eigenvalue weighted by Gasteiger charge is 2.29. The summed E-state index contributed by atoms with van der Waals surface area (Å²) in [6.45, 7) is 1.70. The number of aromatic nitrogens is 3. The van der Waals surface area contributed by atoms with Gasteiger partial charge in [0.2, 0.25) is 4.77 Å². The van der Waals surface area contributed by atoms with Crippen LogP contribution in [0.2, 0.25) is 0 Å². The first kappa shape index (κ1) is 16.5. The summed E-state index contributed by atoms with van der Waals surface area (Å²) in [6, 6.07) is 12.8. The predicted octanol–water partition coefficient (Wildman–Crippen LogP) is 4.30. The van der Waals surface area contributed by atoms with Crippen LogP contribution >= 0.6 is 23.6 Å². The van der Waals surface area contributed by atoms with E-state index in [1.54, 1.807) is 18.4 Å². The molecule has 130 valence electrons. The number of ether oxygens (including phenoxy) is 1. The number of hydrogen-bond acceptors (Lipinski definition) is 5. The molecule has 0 atom stereocenters. The summed E-state index contributed by atoms with van der Waals surface area (Å²) < 4.78 is 7.75. The van der Waals surface area contributed by atoms with Crippen molar-refractivity contribution in [1.82, 2.24) is 19.7 Å². The Morgan fingerprint density at radius 1 is 1.32 bits per heavy atom. The molecular weight excluding hydrogens is 352 g/mol. The summed E-state index contributed by atoms with van der Waals surface area (Å²) in [5.74, 6) is 1.62. The number of nitrogens with zero attached hydrogens (tertiary/aromatic N) is 3. The maximum atomic E-state index is 5.47. The van der Waals surface area contributed by atoms with Gasteiger partial charge in [0.25, 0.3) is 0 Å². The fourth-order valence-corrected chi connectivity index (χ4v) is 3.77. The van der Waals surface area contributed by atoms with Crippen molar-refractivity contribution in [3.63, 3.8) is 0 Å². The molecule has 0 saturated heterocycles. The lowest BCUT2D eigenvalue weighted by molar-refractivity contribution is 0.188. The Bertz CT molecular complexity index is 879. The number of thiophene rings is 1. The van der Waals surface area contributed by atoms with Crippen molar-refractivity contribution in [2.75, 3.05) is 7.11 Å². The second-order valence-electron chi connectivity index (χ2n) is 6.21. The van der Waals surface area contributed by atoms with Crippen LogP contribution in [0.1, 0.15) is 17.7 Å². The molecule has 1 saturated carbocycles. The Balaban J connectivity index is 1.53. The van der Waals surface area contributed by atoms with Gasteiger partial charge >= 0.3 is 0 Å². The molecule has 2 heterocycles. The highest BCUT2D eigenvalue weighted by atomic mass is 32.1. The summed E-state index contributed by atoms with van der Waals surface area (Å²) >= 11 is 7.27. The number of aromatic amines is 1. The van der Waals surface area contributed by atoms with Crippen molar-refractivity contribution < 1.29 is 4.74 Å². The predicted molar refractivity (Wildman–Crippen MR) is 102 cm³/mol. The van der Waals surface area contributed by atoms with Crippen molar-refractivity contribution in [1.29, 1.82) is 0 Å². The zero-order valence-corrected chi connectivity index (χ0v) is 15.6. The number of nitrogens with one attached hydrogen (secondary N) is 1. The van der Waals surface area contributed by atoms with Crippen LogP contribution < -0.4 is 4.74 Å². The van der Waals surface area contributed by atoms with Crippen molar-refractivity contribution in [3.8, 4) is 17.1 Å². The lowest BCUT2D eigenvalue weighted by Gasteiger charge is -2.21. The van der Waals surface area contributed by atoms with E-state index in [1.807, 2.05) is 28.9 Å². The summed E-state index contributed by atoms with van der Waals surface area (Å²) in [5.41, 5.74) is 1.00. The molecule has 0 aliphatic heterocycles. The monoisotopic (exact) mass is 372 g/mol. The average molecular weight is 373 g/mol. The Labute approximate surface area is 155 Å². The first-order valence-electron chi connectivity index (χ1n) is 8.30. The fourth-order valence-electron chi connectivity index (χ4n) is 2.85. The number of H-pyrrole nitrogens is 1. The standard InChI is InChI=1S/C18H20N4OS2/c1-23-15-8-4-13(5-9-15)17-19-18(24)22(20-17)12-21(14-6-7-14)11-16-3-2-10-25-16/h2-5,8-10,14H,6-7,11-12H2,1H3,(H,19,20,24). The lowest BCUT2D eigenvalue weighted by Crippen LogP contribution is -2.28. The van der Waals surface area contributed by atoms with E-state index < -0.39 is 0 Å². The molecule has 0 spiro atoms. The van der Waals surface area contributed by atoms with Gasteiger partial charge in [-0.1, -0.05) is 6.07 Å². The van der Waals surface area contributed by atoms with E-state index >= 15 is 0 Å². The summed E-state index contributed by atoms with van der Waals surface area (Å²) in [4.78, 5) is 8.38. The topological polar surface area (TPSA) is 46.1 Å². The highest BCUT2D eigenvalue weighted by Crippen LogP contribution is 2.30. The molecule has 0 amide bonds. The van der Waals surface area contributed by atoms with Gasteiger partial charge in [-0.05, 0) is 60.8 Å². The van der Waals surface area contributed by atoms with Gasteiger partial charge in [0.05, 0.1) is 13.8 Å². The smallest absolute Gasteiger partial charge is 0.217 e. The molecule has 4 rings (SSSR count). The molecule has 1 N–H and O–H groups in total. The van der Waals surface area contributed by atoms with Crippen LogP contribution in [0.15, 0.2) is 41.8 Å². The first-order chi connectivity index (χ1) is 12.2. The Kier molecular flexibility index (Phi) is 4.70. The molecule has 3 aromatic rings. The highest BCUT2D eigenvalue weighted by molar-refractivity contribution is 7.71. The normalized spacial score (nSPS) is 14.2. The minimum absolute atomic E-state index is 0.586. The average Bonchev–Trinajstić information content (AvgIpc) is 3.24. The van der Waals surface area contributed by atoms with E-state index in [4.69, 9.17) is 17.0 Å². The SMILES string of the molecule is COc1ccc(-c2nc(=S)n(CN(Cc3cccs3)C3CC3)[nH]2)cc1. The van der Waals surface area contributed by atoms with Crippen LogP contribution in [0.5, 0.6) is 5.75 Å². The Hall–Kier alpha value is -1.96. The summed E-state index contributed by atoms with van der Waals surface area (Å²) in [7, 11) is 1.66.